The van der Waals surface area contributed by atoms with Crippen molar-refractivity contribution in [3.8, 4) is 5.75 Å². The molecule has 0 radical (unpaired) electrons. The fourth-order valence-electron chi connectivity index (χ4n) is 1.81. The molecule has 0 amide bonds. The van der Waals surface area contributed by atoms with E-state index < -0.39 is 10.0 Å². The number of sulfonamides is 1. The Hall–Kier alpha value is -1.11. The summed E-state index contributed by atoms with van der Waals surface area (Å²) in [6.45, 7) is 3.64. The number of aliphatic hydroxyl groups is 1. The molecule has 0 fully saturated rings. The summed E-state index contributed by atoms with van der Waals surface area (Å²) in [6, 6.07) is 4.54. The first kappa shape index (κ1) is 15.9. The molecule has 19 heavy (non-hydrogen) atoms. The molecule has 0 saturated heterocycles. The highest BCUT2D eigenvalue weighted by molar-refractivity contribution is 7.89. The number of hydrogen-bond donors (Lipinski definition) is 2. The van der Waals surface area contributed by atoms with E-state index in [1.807, 2.05) is 0 Å². The molecule has 0 aliphatic carbocycles. The molecule has 0 aliphatic heterocycles. The Kier molecular flexibility index (Phi) is 5.78. The van der Waals surface area contributed by atoms with Gasteiger partial charge in [-0.1, -0.05) is 0 Å². The van der Waals surface area contributed by atoms with Crippen LogP contribution < -0.4 is 9.46 Å². The number of methoxy groups -OCH3 is 1. The number of rotatable bonds is 7. The second-order valence-electron chi connectivity index (χ2n) is 4.52. The maximum Gasteiger partial charge on any atom is 0.240 e. The topological polar surface area (TPSA) is 75.6 Å². The van der Waals surface area contributed by atoms with Crippen LogP contribution in [0.1, 0.15) is 25.3 Å². The second kappa shape index (κ2) is 6.88. The van der Waals surface area contributed by atoms with Crippen LogP contribution in [0.5, 0.6) is 5.75 Å². The number of benzene rings is 1. The predicted octanol–water partition coefficient (Wildman–Crippen LogP) is 1.44. The third-order valence-electron chi connectivity index (χ3n) is 2.83. The Labute approximate surface area is 114 Å². The van der Waals surface area contributed by atoms with Crippen LogP contribution in [0, 0.1) is 6.92 Å². The number of aryl methyl sites for hydroxylation is 1. The van der Waals surface area contributed by atoms with Crippen LogP contribution in [0.15, 0.2) is 23.1 Å². The lowest BCUT2D eigenvalue weighted by Gasteiger charge is -2.14. The van der Waals surface area contributed by atoms with Crippen molar-refractivity contribution >= 4 is 10.0 Å². The quantitative estimate of drug-likeness (QED) is 0.795. The van der Waals surface area contributed by atoms with Gasteiger partial charge in [0.05, 0.1) is 12.0 Å². The SMILES string of the molecule is COc1ccc(S(=O)(=O)NC(C)CCCO)cc1C. The summed E-state index contributed by atoms with van der Waals surface area (Å²) in [7, 11) is -1.98. The minimum atomic E-state index is -3.52. The normalized spacial score (nSPS) is 13.3. The van der Waals surface area contributed by atoms with Crippen LogP contribution in [0.3, 0.4) is 0 Å². The number of nitrogens with one attached hydrogen (secondary N) is 1. The van der Waals surface area contributed by atoms with Gasteiger partial charge in [-0.3, -0.25) is 0 Å². The van der Waals surface area contributed by atoms with Crippen molar-refractivity contribution in [3.05, 3.63) is 23.8 Å². The molecule has 1 atom stereocenters. The molecule has 108 valence electrons. The summed E-state index contributed by atoms with van der Waals surface area (Å²) < 4.78 is 32.0. The molecular formula is C13H21NO4S. The number of hydrogen-bond acceptors (Lipinski definition) is 4. The summed E-state index contributed by atoms with van der Waals surface area (Å²) in [6.07, 6.45) is 1.18. The van der Waals surface area contributed by atoms with Crippen LogP contribution in [0.2, 0.25) is 0 Å². The Morgan fingerprint density at radius 3 is 2.63 bits per heavy atom. The van der Waals surface area contributed by atoms with Crippen LogP contribution in [0.25, 0.3) is 0 Å². The molecular weight excluding hydrogens is 266 g/mol. The molecule has 0 spiro atoms. The summed E-state index contributed by atoms with van der Waals surface area (Å²) in [4.78, 5) is 0.224. The zero-order chi connectivity index (χ0) is 14.5. The Morgan fingerprint density at radius 1 is 1.42 bits per heavy atom. The standard InChI is InChI=1S/C13H21NO4S/c1-10-9-12(6-7-13(10)18-3)19(16,17)14-11(2)5-4-8-15/h6-7,9,11,14-15H,4-5,8H2,1-3H3. The lowest BCUT2D eigenvalue weighted by molar-refractivity contribution is 0.279. The van der Waals surface area contributed by atoms with Gasteiger partial charge in [-0.05, 0) is 50.5 Å². The number of ether oxygens (including phenoxy) is 1. The van der Waals surface area contributed by atoms with Gasteiger partial charge in [0.2, 0.25) is 10.0 Å². The van der Waals surface area contributed by atoms with Crippen LogP contribution in [0.4, 0.5) is 0 Å². The first-order chi connectivity index (χ1) is 8.90. The maximum absolute atomic E-state index is 12.1. The van der Waals surface area contributed by atoms with E-state index >= 15 is 0 Å². The fourth-order valence-corrected chi connectivity index (χ4v) is 3.17. The van der Waals surface area contributed by atoms with E-state index in [9.17, 15) is 8.42 Å². The minimum Gasteiger partial charge on any atom is -0.496 e. The monoisotopic (exact) mass is 287 g/mol. The third kappa shape index (κ3) is 4.49. The van der Waals surface area contributed by atoms with Crippen molar-refractivity contribution in [2.24, 2.45) is 0 Å². The van der Waals surface area contributed by atoms with Gasteiger partial charge in [0.15, 0.2) is 0 Å². The molecule has 0 heterocycles. The average Bonchev–Trinajstić information content (AvgIpc) is 2.35. The van der Waals surface area contributed by atoms with Gasteiger partial charge in [-0.15, -0.1) is 0 Å². The smallest absolute Gasteiger partial charge is 0.240 e. The van der Waals surface area contributed by atoms with E-state index in [1.54, 1.807) is 33.1 Å². The highest BCUT2D eigenvalue weighted by Crippen LogP contribution is 2.21. The Bertz CT molecular complexity index is 513. The zero-order valence-electron chi connectivity index (χ0n) is 11.5. The molecule has 0 bridgehead atoms. The number of aliphatic hydroxyl groups excluding tert-OH is 1. The van der Waals surface area contributed by atoms with Gasteiger partial charge in [0, 0.05) is 12.6 Å². The van der Waals surface area contributed by atoms with Crippen molar-refractivity contribution < 1.29 is 18.3 Å². The van der Waals surface area contributed by atoms with Gasteiger partial charge in [-0.2, -0.15) is 0 Å². The van der Waals surface area contributed by atoms with Gasteiger partial charge in [0.25, 0.3) is 0 Å². The van der Waals surface area contributed by atoms with E-state index in [1.165, 1.54) is 6.07 Å². The Morgan fingerprint density at radius 2 is 2.11 bits per heavy atom. The summed E-state index contributed by atoms with van der Waals surface area (Å²) in [5.74, 6) is 0.660. The Balaban J connectivity index is 2.85. The van der Waals surface area contributed by atoms with E-state index in [0.29, 0.717) is 18.6 Å². The molecule has 1 aromatic rings. The van der Waals surface area contributed by atoms with E-state index in [0.717, 1.165) is 5.56 Å². The van der Waals surface area contributed by atoms with Gasteiger partial charge < -0.3 is 9.84 Å². The predicted molar refractivity (Wildman–Crippen MR) is 73.8 cm³/mol. The van der Waals surface area contributed by atoms with E-state index in [4.69, 9.17) is 9.84 Å². The summed E-state index contributed by atoms with van der Waals surface area (Å²) in [5, 5.41) is 8.73. The second-order valence-corrected chi connectivity index (χ2v) is 6.23. The largest absolute Gasteiger partial charge is 0.496 e. The zero-order valence-corrected chi connectivity index (χ0v) is 12.3. The van der Waals surface area contributed by atoms with Crippen molar-refractivity contribution in [2.75, 3.05) is 13.7 Å². The third-order valence-corrected chi connectivity index (χ3v) is 4.42. The van der Waals surface area contributed by atoms with Crippen LogP contribution in [-0.2, 0) is 10.0 Å². The lowest BCUT2D eigenvalue weighted by atomic mass is 10.2. The van der Waals surface area contributed by atoms with Crippen molar-refractivity contribution in [3.63, 3.8) is 0 Å². The van der Waals surface area contributed by atoms with Crippen molar-refractivity contribution in [1.82, 2.24) is 4.72 Å². The fraction of sp³-hybridized carbons (Fsp3) is 0.538. The average molecular weight is 287 g/mol. The highest BCUT2D eigenvalue weighted by atomic mass is 32.2. The summed E-state index contributed by atoms with van der Waals surface area (Å²) >= 11 is 0. The first-order valence-electron chi connectivity index (χ1n) is 6.18. The van der Waals surface area contributed by atoms with Gasteiger partial charge in [-0.25, -0.2) is 13.1 Å². The van der Waals surface area contributed by atoms with Gasteiger partial charge in [0.1, 0.15) is 5.75 Å². The molecule has 0 aliphatic rings. The molecule has 1 aromatic carbocycles. The van der Waals surface area contributed by atoms with E-state index in [2.05, 4.69) is 4.72 Å². The molecule has 1 rings (SSSR count). The van der Waals surface area contributed by atoms with Crippen molar-refractivity contribution in [2.45, 2.75) is 37.6 Å². The van der Waals surface area contributed by atoms with E-state index in [-0.39, 0.29) is 17.5 Å². The minimum absolute atomic E-state index is 0.0632. The molecule has 1 unspecified atom stereocenters. The van der Waals surface area contributed by atoms with Crippen LogP contribution >= 0.6 is 0 Å². The molecule has 0 saturated carbocycles. The molecule has 2 N–H and O–H groups in total. The lowest BCUT2D eigenvalue weighted by Crippen LogP contribution is -2.32. The molecule has 5 nitrogen and oxygen atoms in total. The van der Waals surface area contributed by atoms with Crippen LogP contribution in [-0.4, -0.2) is 33.3 Å². The summed E-state index contributed by atoms with van der Waals surface area (Å²) in [5.41, 5.74) is 0.772. The maximum atomic E-state index is 12.1. The molecule has 0 aromatic heterocycles. The van der Waals surface area contributed by atoms with Crippen molar-refractivity contribution in [1.29, 1.82) is 0 Å². The molecule has 6 heteroatoms. The highest BCUT2D eigenvalue weighted by Gasteiger charge is 2.18. The first-order valence-corrected chi connectivity index (χ1v) is 7.67. The van der Waals surface area contributed by atoms with Gasteiger partial charge >= 0.3 is 0 Å².